The van der Waals surface area contributed by atoms with Crippen molar-refractivity contribution < 1.29 is 8.78 Å². The molecule has 0 aliphatic heterocycles. The van der Waals surface area contributed by atoms with Crippen LogP contribution in [-0.2, 0) is 6.42 Å². The van der Waals surface area contributed by atoms with Crippen molar-refractivity contribution in [1.82, 2.24) is 4.98 Å². The van der Waals surface area contributed by atoms with E-state index < -0.39 is 6.43 Å². The van der Waals surface area contributed by atoms with E-state index in [1.54, 1.807) is 34.7 Å². The Bertz CT molecular complexity index is 460. The molecular formula is C9H4F2IN3. The van der Waals surface area contributed by atoms with Gasteiger partial charge in [-0.05, 0) is 22.6 Å². The lowest BCUT2D eigenvalue weighted by Gasteiger charge is -2.08. The normalized spacial score (nSPS) is 9.73. The molecule has 0 aliphatic carbocycles. The lowest BCUT2D eigenvalue weighted by Crippen LogP contribution is -2.03. The predicted molar refractivity (Wildman–Crippen MR) is 55.9 cm³/mol. The van der Waals surface area contributed by atoms with E-state index >= 15 is 0 Å². The number of halogens is 3. The van der Waals surface area contributed by atoms with Gasteiger partial charge in [-0.2, -0.15) is 10.5 Å². The maximum absolute atomic E-state index is 12.7. The van der Waals surface area contributed by atoms with Gasteiger partial charge < -0.3 is 0 Å². The van der Waals surface area contributed by atoms with Gasteiger partial charge in [0.15, 0.2) is 0 Å². The Morgan fingerprint density at radius 1 is 1.47 bits per heavy atom. The summed E-state index contributed by atoms with van der Waals surface area (Å²) in [4.78, 5) is 3.71. The molecule has 0 amide bonds. The predicted octanol–water partition coefficient (Wildman–Crippen LogP) is 2.56. The highest BCUT2D eigenvalue weighted by Gasteiger charge is 2.20. The SMILES string of the molecule is N#CCc1c(C#N)ncc(I)c1C(F)F. The van der Waals surface area contributed by atoms with Gasteiger partial charge in [0, 0.05) is 20.9 Å². The molecule has 15 heavy (non-hydrogen) atoms. The first-order valence-electron chi connectivity index (χ1n) is 3.84. The zero-order chi connectivity index (χ0) is 11.4. The van der Waals surface area contributed by atoms with E-state index in [1.807, 2.05) is 0 Å². The van der Waals surface area contributed by atoms with Crippen LogP contribution in [0.25, 0.3) is 0 Å². The van der Waals surface area contributed by atoms with Crippen molar-refractivity contribution in [2.75, 3.05) is 0 Å². The number of nitriles is 2. The number of pyridine rings is 1. The molecule has 0 atom stereocenters. The third-order valence-corrected chi connectivity index (χ3v) is 2.61. The molecule has 0 saturated heterocycles. The molecule has 0 spiro atoms. The van der Waals surface area contributed by atoms with Crippen molar-refractivity contribution in [3.05, 3.63) is 26.6 Å². The van der Waals surface area contributed by atoms with Crippen LogP contribution in [0.5, 0.6) is 0 Å². The van der Waals surface area contributed by atoms with Crippen molar-refractivity contribution in [3.8, 4) is 12.1 Å². The highest BCUT2D eigenvalue weighted by molar-refractivity contribution is 14.1. The van der Waals surface area contributed by atoms with Crippen LogP contribution in [0, 0.1) is 26.2 Å². The Kier molecular flexibility index (Phi) is 3.92. The zero-order valence-corrected chi connectivity index (χ0v) is 9.49. The summed E-state index contributed by atoms with van der Waals surface area (Å²) in [6, 6.07) is 3.46. The fourth-order valence-corrected chi connectivity index (χ4v) is 1.83. The molecule has 0 radical (unpaired) electrons. The van der Waals surface area contributed by atoms with Crippen LogP contribution in [0.15, 0.2) is 6.20 Å². The molecule has 6 heteroatoms. The lowest BCUT2D eigenvalue weighted by atomic mass is 10.0. The van der Waals surface area contributed by atoms with Gasteiger partial charge >= 0.3 is 0 Å². The van der Waals surface area contributed by atoms with Crippen molar-refractivity contribution >= 4 is 22.6 Å². The van der Waals surface area contributed by atoms with Crippen LogP contribution in [0.1, 0.15) is 23.2 Å². The molecule has 1 heterocycles. The first kappa shape index (κ1) is 11.8. The molecule has 0 unspecified atom stereocenters. The summed E-state index contributed by atoms with van der Waals surface area (Å²) in [5.41, 5.74) is -0.335. The van der Waals surface area contributed by atoms with E-state index in [0.29, 0.717) is 0 Å². The minimum absolute atomic E-state index is 0.0295. The minimum atomic E-state index is -2.70. The molecule has 0 bridgehead atoms. The van der Waals surface area contributed by atoms with Gasteiger partial charge in [-0.25, -0.2) is 13.8 Å². The quantitative estimate of drug-likeness (QED) is 0.787. The average Bonchev–Trinajstić information content (AvgIpc) is 2.18. The van der Waals surface area contributed by atoms with Crippen molar-refractivity contribution in [3.63, 3.8) is 0 Å². The van der Waals surface area contributed by atoms with Gasteiger partial charge in [-0.15, -0.1) is 0 Å². The topological polar surface area (TPSA) is 60.5 Å². The van der Waals surface area contributed by atoms with E-state index in [9.17, 15) is 8.78 Å². The standard InChI is InChI=1S/C9H4F2IN3/c10-9(11)8-5(1-2-13)7(3-14)15-4-6(8)12/h4,9H,1H2. The number of aromatic nitrogens is 1. The van der Waals surface area contributed by atoms with Gasteiger partial charge in [0.2, 0.25) is 0 Å². The van der Waals surface area contributed by atoms with Crippen LogP contribution in [0.4, 0.5) is 8.78 Å². The third-order valence-electron chi connectivity index (χ3n) is 1.76. The van der Waals surface area contributed by atoms with Crippen molar-refractivity contribution in [2.45, 2.75) is 12.8 Å². The molecule has 3 nitrogen and oxygen atoms in total. The number of alkyl halides is 2. The molecular weight excluding hydrogens is 315 g/mol. The summed E-state index contributed by atoms with van der Waals surface area (Å²) in [5, 5.41) is 17.2. The van der Waals surface area contributed by atoms with Gasteiger partial charge in [0.05, 0.1) is 12.5 Å². The van der Waals surface area contributed by atoms with E-state index in [4.69, 9.17) is 10.5 Å². The monoisotopic (exact) mass is 319 g/mol. The van der Waals surface area contributed by atoms with E-state index in [1.165, 1.54) is 6.20 Å². The van der Waals surface area contributed by atoms with Crippen LogP contribution < -0.4 is 0 Å². The Hall–Kier alpha value is -1.28. The molecule has 1 aromatic heterocycles. The van der Waals surface area contributed by atoms with Crippen molar-refractivity contribution in [1.29, 1.82) is 10.5 Å². The highest BCUT2D eigenvalue weighted by atomic mass is 127. The second-order valence-corrected chi connectivity index (χ2v) is 3.76. The highest BCUT2D eigenvalue weighted by Crippen LogP contribution is 2.29. The summed E-state index contributed by atoms with van der Waals surface area (Å²) >= 11 is 1.71. The Morgan fingerprint density at radius 2 is 2.13 bits per heavy atom. The molecule has 0 aromatic carbocycles. The van der Waals surface area contributed by atoms with E-state index in [2.05, 4.69) is 4.98 Å². The van der Waals surface area contributed by atoms with Crippen LogP contribution >= 0.6 is 22.6 Å². The average molecular weight is 319 g/mol. The summed E-state index contributed by atoms with van der Waals surface area (Å²) in [6.45, 7) is 0. The summed E-state index contributed by atoms with van der Waals surface area (Å²) in [7, 11) is 0. The molecule has 0 fully saturated rings. The van der Waals surface area contributed by atoms with E-state index in [-0.39, 0.29) is 26.8 Å². The van der Waals surface area contributed by atoms with Crippen LogP contribution in [0.2, 0.25) is 0 Å². The van der Waals surface area contributed by atoms with Gasteiger partial charge in [0.25, 0.3) is 6.43 Å². The summed E-state index contributed by atoms with van der Waals surface area (Å²) < 4.78 is 25.6. The minimum Gasteiger partial charge on any atom is -0.244 e. The van der Waals surface area contributed by atoms with Gasteiger partial charge in [0.1, 0.15) is 11.8 Å². The fraction of sp³-hybridized carbons (Fsp3) is 0.222. The third kappa shape index (κ3) is 2.39. The molecule has 0 N–H and O–H groups in total. The second kappa shape index (κ2) is 4.99. The van der Waals surface area contributed by atoms with Crippen LogP contribution in [0.3, 0.4) is 0 Å². The maximum Gasteiger partial charge on any atom is 0.265 e. The first-order valence-corrected chi connectivity index (χ1v) is 4.92. The molecule has 1 aromatic rings. The molecule has 0 saturated carbocycles. The Labute approximate surface area is 98.5 Å². The van der Waals surface area contributed by atoms with Gasteiger partial charge in [-0.1, -0.05) is 0 Å². The fourth-order valence-electron chi connectivity index (χ4n) is 1.13. The first-order chi connectivity index (χ1) is 7.11. The largest absolute Gasteiger partial charge is 0.265 e. The summed E-state index contributed by atoms with van der Waals surface area (Å²) in [6.07, 6.45) is -1.72. The maximum atomic E-state index is 12.7. The number of hydrogen-bond acceptors (Lipinski definition) is 3. The number of nitrogens with zero attached hydrogens (tertiary/aromatic N) is 3. The Balaban J connectivity index is 3.47. The Morgan fingerprint density at radius 3 is 2.60 bits per heavy atom. The van der Waals surface area contributed by atoms with Crippen molar-refractivity contribution in [2.24, 2.45) is 0 Å². The summed E-state index contributed by atoms with van der Waals surface area (Å²) in [5.74, 6) is 0. The molecule has 1 rings (SSSR count). The number of rotatable bonds is 2. The molecule has 0 aliphatic rings. The second-order valence-electron chi connectivity index (χ2n) is 2.59. The van der Waals surface area contributed by atoms with E-state index in [0.717, 1.165) is 0 Å². The lowest BCUT2D eigenvalue weighted by molar-refractivity contribution is 0.149. The van der Waals surface area contributed by atoms with Crippen LogP contribution in [-0.4, -0.2) is 4.98 Å². The smallest absolute Gasteiger partial charge is 0.244 e. The zero-order valence-electron chi connectivity index (χ0n) is 7.34. The van der Waals surface area contributed by atoms with Gasteiger partial charge in [-0.3, -0.25) is 0 Å². The molecule has 76 valence electrons. The number of hydrogen-bond donors (Lipinski definition) is 0.